The lowest BCUT2D eigenvalue weighted by atomic mass is 10.1. The molecule has 16 heavy (non-hydrogen) atoms. The van der Waals surface area contributed by atoms with Gasteiger partial charge in [0.2, 0.25) is 0 Å². The summed E-state index contributed by atoms with van der Waals surface area (Å²) in [5.41, 5.74) is 5.78. The lowest BCUT2D eigenvalue weighted by Crippen LogP contribution is -2.50. The van der Waals surface area contributed by atoms with E-state index in [1.54, 1.807) is 0 Å². The van der Waals surface area contributed by atoms with Crippen molar-refractivity contribution >= 4 is 10.2 Å². The van der Waals surface area contributed by atoms with Gasteiger partial charge in [0.15, 0.2) is 0 Å². The molecule has 0 aromatic carbocycles. The number of rotatable bonds is 5. The van der Waals surface area contributed by atoms with Gasteiger partial charge in [-0.3, -0.25) is 0 Å². The second-order valence-electron chi connectivity index (χ2n) is 4.27. The maximum atomic E-state index is 11.8. The molecule has 1 saturated heterocycles. The number of morpholine rings is 1. The Balaban J connectivity index is 2.44. The molecule has 96 valence electrons. The zero-order valence-corrected chi connectivity index (χ0v) is 10.7. The van der Waals surface area contributed by atoms with Gasteiger partial charge in [-0.2, -0.15) is 12.7 Å². The molecule has 1 aliphatic heterocycles. The molecule has 0 aliphatic carbocycles. The van der Waals surface area contributed by atoms with Gasteiger partial charge in [0.05, 0.1) is 13.2 Å². The van der Waals surface area contributed by atoms with Crippen LogP contribution in [0.25, 0.3) is 0 Å². The summed E-state index contributed by atoms with van der Waals surface area (Å²) in [5.74, 6) is 0.257. The summed E-state index contributed by atoms with van der Waals surface area (Å²) in [6, 6.07) is -0.157. The summed E-state index contributed by atoms with van der Waals surface area (Å²) in [6.45, 7) is 5.94. The Labute approximate surface area is 97.3 Å². The van der Waals surface area contributed by atoms with Crippen LogP contribution in [0.5, 0.6) is 0 Å². The molecule has 0 spiro atoms. The van der Waals surface area contributed by atoms with Crippen molar-refractivity contribution in [2.45, 2.75) is 19.9 Å². The first kappa shape index (κ1) is 13.9. The number of nitrogens with one attached hydrogen (secondary N) is 1. The van der Waals surface area contributed by atoms with Crippen LogP contribution in [0.4, 0.5) is 0 Å². The van der Waals surface area contributed by atoms with Gasteiger partial charge in [-0.15, -0.1) is 0 Å². The fourth-order valence-electron chi connectivity index (χ4n) is 1.32. The number of nitrogens with zero attached hydrogens (tertiary/aromatic N) is 1. The van der Waals surface area contributed by atoms with Crippen LogP contribution < -0.4 is 10.5 Å². The largest absolute Gasteiger partial charge is 0.379 e. The van der Waals surface area contributed by atoms with E-state index in [0.29, 0.717) is 26.3 Å². The second kappa shape index (κ2) is 5.92. The smallest absolute Gasteiger partial charge is 0.279 e. The molecule has 1 aliphatic rings. The van der Waals surface area contributed by atoms with Crippen LogP contribution in [-0.2, 0) is 14.9 Å². The molecule has 0 amide bonds. The Morgan fingerprint density at radius 1 is 1.38 bits per heavy atom. The highest BCUT2D eigenvalue weighted by molar-refractivity contribution is 7.87. The molecular formula is C9H21N3O3S. The fourth-order valence-corrected chi connectivity index (χ4v) is 2.53. The average molecular weight is 251 g/mol. The number of nitrogens with two attached hydrogens (primary N) is 1. The van der Waals surface area contributed by atoms with Gasteiger partial charge in [0.25, 0.3) is 10.2 Å². The van der Waals surface area contributed by atoms with Crippen LogP contribution in [-0.4, -0.2) is 51.6 Å². The summed E-state index contributed by atoms with van der Waals surface area (Å²) < 4.78 is 32.7. The molecule has 6 nitrogen and oxygen atoms in total. The predicted octanol–water partition coefficient (Wildman–Crippen LogP) is -0.864. The van der Waals surface area contributed by atoms with Crippen molar-refractivity contribution in [1.82, 2.24) is 9.03 Å². The minimum atomic E-state index is -3.39. The number of ether oxygens (including phenoxy) is 1. The minimum absolute atomic E-state index is 0.157. The van der Waals surface area contributed by atoms with Crippen molar-refractivity contribution in [1.29, 1.82) is 0 Å². The first-order valence-corrected chi connectivity index (χ1v) is 6.95. The van der Waals surface area contributed by atoms with Gasteiger partial charge in [-0.25, -0.2) is 4.72 Å². The van der Waals surface area contributed by atoms with E-state index in [9.17, 15) is 8.42 Å². The molecule has 3 N–H and O–H groups in total. The SMILES string of the molecule is CC(C)C(N)CNS(=O)(=O)N1CCOCC1. The van der Waals surface area contributed by atoms with Crippen molar-refractivity contribution in [3.05, 3.63) is 0 Å². The van der Waals surface area contributed by atoms with Gasteiger partial charge in [-0.05, 0) is 5.92 Å². The van der Waals surface area contributed by atoms with Crippen molar-refractivity contribution < 1.29 is 13.2 Å². The van der Waals surface area contributed by atoms with Gasteiger partial charge < -0.3 is 10.5 Å². The van der Waals surface area contributed by atoms with Crippen molar-refractivity contribution in [2.75, 3.05) is 32.8 Å². The minimum Gasteiger partial charge on any atom is -0.379 e. The van der Waals surface area contributed by atoms with Crippen LogP contribution in [0.3, 0.4) is 0 Å². The molecule has 0 aromatic heterocycles. The highest BCUT2D eigenvalue weighted by atomic mass is 32.2. The van der Waals surface area contributed by atoms with Crippen LogP contribution in [0.15, 0.2) is 0 Å². The summed E-state index contributed by atoms with van der Waals surface area (Å²) in [7, 11) is -3.39. The van der Waals surface area contributed by atoms with Crippen LogP contribution in [0, 0.1) is 5.92 Å². The highest BCUT2D eigenvalue weighted by Crippen LogP contribution is 2.03. The van der Waals surface area contributed by atoms with Gasteiger partial charge in [0, 0.05) is 25.7 Å². The maximum absolute atomic E-state index is 11.8. The monoisotopic (exact) mass is 251 g/mol. The quantitative estimate of drug-likeness (QED) is 0.665. The van der Waals surface area contributed by atoms with Crippen molar-refractivity contribution in [2.24, 2.45) is 11.7 Å². The highest BCUT2D eigenvalue weighted by Gasteiger charge is 2.24. The number of hydrogen-bond donors (Lipinski definition) is 2. The fraction of sp³-hybridized carbons (Fsp3) is 1.00. The molecule has 0 saturated carbocycles. The van der Waals surface area contributed by atoms with E-state index in [0.717, 1.165) is 0 Å². The summed E-state index contributed by atoms with van der Waals surface area (Å²) in [4.78, 5) is 0. The zero-order valence-electron chi connectivity index (χ0n) is 9.85. The van der Waals surface area contributed by atoms with Gasteiger partial charge in [-0.1, -0.05) is 13.8 Å². The summed E-state index contributed by atoms with van der Waals surface area (Å²) in [5, 5.41) is 0. The molecular weight excluding hydrogens is 230 g/mol. The maximum Gasteiger partial charge on any atom is 0.279 e. The molecule has 1 fully saturated rings. The Kier molecular flexibility index (Phi) is 5.13. The molecule has 1 rings (SSSR count). The van der Waals surface area contributed by atoms with Crippen LogP contribution in [0.1, 0.15) is 13.8 Å². The Morgan fingerprint density at radius 3 is 2.44 bits per heavy atom. The molecule has 1 heterocycles. The van der Waals surface area contributed by atoms with Crippen molar-refractivity contribution in [3.63, 3.8) is 0 Å². The summed E-state index contributed by atoms with van der Waals surface area (Å²) in [6.07, 6.45) is 0. The van der Waals surface area contributed by atoms with E-state index < -0.39 is 10.2 Å². The van der Waals surface area contributed by atoms with E-state index in [1.807, 2.05) is 13.8 Å². The molecule has 1 unspecified atom stereocenters. The van der Waals surface area contributed by atoms with E-state index in [2.05, 4.69) is 4.72 Å². The molecule has 0 aromatic rings. The predicted molar refractivity (Wildman–Crippen MR) is 62.1 cm³/mol. The zero-order chi connectivity index (χ0) is 12.2. The first-order valence-electron chi connectivity index (χ1n) is 5.51. The summed E-state index contributed by atoms with van der Waals surface area (Å²) >= 11 is 0. The van der Waals surface area contributed by atoms with E-state index in [4.69, 9.17) is 10.5 Å². The number of hydrogen-bond acceptors (Lipinski definition) is 4. The second-order valence-corrected chi connectivity index (χ2v) is 6.03. The molecule has 0 bridgehead atoms. The average Bonchev–Trinajstić information content (AvgIpc) is 2.27. The van der Waals surface area contributed by atoms with Crippen LogP contribution >= 0.6 is 0 Å². The molecule has 0 radical (unpaired) electrons. The van der Waals surface area contributed by atoms with E-state index in [-0.39, 0.29) is 18.5 Å². The normalized spacial score (nSPS) is 21.2. The van der Waals surface area contributed by atoms with Gasteiger partial charge >= 0.3 is 0 Å². The Morgan fingerprint density at radius 2 is 1.94 bits per heavy atom. The third kappa shape index (κ3) is 3.99. The Bertz CT molecular complexity index is 299. The molecule has 7 heteroatoms. The third-order valence-electron chi connectivity index (χ3n) is 2.67. The molecule has 1 atom stereocenters. The topological polar surface area (TPSA) is 84.7 Å². The lowest BCUT2D eigenvalue weighted by Gasteiger charge is -2.27. The lowest BCUT2D eigenvalue weighted by molar-refractivity contribution is 0.0724. The first-order chi connectivity index (χ1) is 7.43. The van der Waals surface area contributed by atoms with Crippen LogP contribution in [0.2, 0.25) is 0 Å². The Hall–Kier alpha value is -0.210. The van der Waals surface area contributed by atoms with Gasteiger partial charge in [0.1, 0.15) is 0 Å². The van der Waals surface area contributed by atoms with E-state index in [1.165, 1.54) is 4.31 Å². The standard InChI is InChI=1S/C9H21N3O3S/c1-8(2)9(10)7-11-16(13,14)12-3-5-15-6-4-12/h8-9,11H,3-7,10H2,1-2H3. The van der Waals surface area contributed by atoms with E-state index >= 15 is 0 Å². The third-order valence-corrected chi connectivity index (χ3v) is 4.24. The van der Waals surface area contributed by atoms with Crippen molar-refractivity contribution in [3.8, 4) is 0 Å².